The first-order valence-corrected chi connectivity index (χ1v) is 11.9. The average Bonchev–Trinajstić information content (AvgIpc) is 2.87. The molecule has 40 heavy (non-hydrogen) atoms. The number of urea groups is 1. The Morgan fingerprint density at radius 3 is 2.20 bits per heavy atom. The van der Waals surface area contributed by atoms with Gasteiger partial charge in [0.2, 0.25) is 5.91 Å². The van der Waals surface area contributed by atoms with Crippen molar-refractivity contribution in [2.75, 3.05) is 12.4 Å². The van der Waals surface area contributed by atoms with Crippen LogP contribution in [0.3, 0.4) is 0 Å². The van der Waals surface area contributed by atoms with Gasteiger partial charge in [0.15, 0.2) is 0 Å². The van der Waals surface area contributed by atoms with Crippen molar-refractivity contribution < 1.29 is 52.3 Å². The quantitative estimate of drug-likeness (QED) is 0.227. The molecule has 0 radical (unpaired) electrons. The molecule has 0 aliphatic heterocycles. The number of aliphatic hydroxyl groups excluding tert-OH is 2. The van der Waals surface area contributed by atoms with E-state index >= 15 is 0 Å². The number of nitrogens with one attached hydrogen (secondary N) is 3. The summed E-state index contributed by atoms with van der Waals surface area (Å²) in [5.41, 5.74) is 3.83. The number of amides is 4. The van der Waals surface area contributed by atoms with Crippen molar-refractivity contribution in [3.8, 4) is 11.5 Å². The molecule has 1 fully saturated rings. The number of hydrogen-bond donors (Lipinski definition) is 7. The zero-order valence-electron chi connectivity index (χ0n) is 21.1. The maximum Gasteiger partial charge on any atom is 0.573 e. The summed E-state index contributed by atoms with van der Waals surface area (Å²) in [6.07, 6.45) is -9.26. The number of carbonyl (C=O) groups excluding carboxylic acids is 3. The first kappa shape index (κ1) is 30.5. The minimum atomic E-state index is -4.89. The number of carbonyl (C=O) groups is 3. The van der Waals surface area contributed by atoms with Gasteiger partial charge in [0.1, 0.15) is 29.2 Å². The van der Waals surface area contributed by atoms with Gasteiger partial charge in [0, 0.05) is 24.9 Å². The highest BCUT2D eigenvalue weighted by Gasteiger charge is 2.49. The molecule has 1 saturated carbocycles. The summed E-state index contributed by atoms with van der Waals surface area (Å²) in [4.78, 5) is 37.5. The Morgan fingerprint density at radius 2 is 1.65 bits per heavy atom. The van der Waals surface area contributed by atoms with E-state index in [9.17, 15) is 42.9 Å². The van der Waals surface area contributed by atoms with E-state index in [1.165, 1.54) is 7.11 Å². The fourth-order valence-electron chi connectivity index (χ4n) is 4.21. The molecular formula is C25H29F3N4O8. The number of aliphatic hydroxyl groups is 3. The van der Waals surface area contributed by atoms with Crippen molar-refractivity contribution in [1.82, 2.24) is 10.6 Å². The number of nitrogens with two attached hydrogens (primary N) is 1. The van der Waals surface area contributed by atoms with Crippen LogP contribution in [0.5, 0.6) is 11.5 Å². The van der Waals surface area contributed by atoms with E-state index in [1.54, 1.807) is 24.3 Å². The van der Waals surface area contributed by atoms with Crippen molar-refractivity contribution in [2.45, 2.75) is 55.5 Å². The summed E-state index contributed by atoms with van der Waals surface area (Å²) < 4.78 is 45.8. The number of primary amides is 1. The van der Waals surface area contributed by atoms with E-state index in [1.807, 2.05) is 0 Å². The Morgan fingerprint density at radius 1 is 1.05 bits per heavy atom. The summed E-state index contributed by atoms with van der Waals surface area (Å²) in [5.74, 6) is -1.88. The second kappa shape index (κ2) is 12.4. The van der Waals surface area contributed by atoms with Crippen LogP contribution >= 0.6 is 0 Å². The van der Waals surface area contributed by atoms with Crippen LogP contribution in [0, 0.1) is 0 Å². The van der Waals surface area contributed by atoms with E-state index in [-0.39, 0.29) is 12.1 Å². The maximum absolute atomic E-state index is 13.0. The van der Waals surface area contributed by atoms with Crippen LogP contribution in [0.4, 0.5) is 23.7 Å². The highest BCUT2D eigenvalue weighted by molar-refractivity contribution is 5.92. The van der Waals surface area contributed by atoms with Crippen LogP contribution in [-0.2, 0) is 16.0 Å². The smallest absolute Gasteiger partial charge is 0.497 e. The van der Waals surface area contributed by atoms with Crippen molar-refractivity contribution in [1.29, 1.82) is 0 Å². The zero-order chi connectivity index (χ0) is 29.7. The predicted molar refractivity (Wildman–Crippen MR) is 133 cm³/mol. The van der Waals surface area contributed by atoms with E-state index in [2.05, 4.69) is 20.7 Å². The number of hydrogen-bond acceptors (Lipinski definition) is 8. The molecule has 3 rings (SSSR count). The molecule has 0 saturated heterocycles. The molecule has 2 aromatic carbocycles. The van der Waals surface area contributed by atoms with Crippen molar-refractivity contribution >= 4 is 23.5 Å². The van der Waals surface area contributed by atoms with Crippen LogP contribution in [0.15, 0.2) is 48.5 Å². The molecule has 218 valence electrons. The van der Waals surface area contributed by atoms with Gasteiger partial charge in [-0.1, -0.05) is 12.1 Å². The Bertz CT molecular complexity index is 1200. The van der Waals surface area contributed by atoms with E-state index in [0.29, 0.717) is 11.3 Å². The van der Waals surface area contributed by atoms with Gasteiger partial charge >= 0.3 is 12.4 Å². The summed E-state index contributed by atoms with van der Waals surface area (Å²) >= 11 is 0. The highest BCUT2D eigenvalue weighted by atomic mass is 19.4. The monoisotopic (exact) mass is 570 g/mol. The summed E-state index contributed by atoms with van der Waals surface area (Å²) in [5, 5.41) is 38.8. The average molecular weight is 571 g/mol. The molecule has 1 aliphatic carbocycles. The molecule has 5 unspecified atom stereocenters. The first-order chi connectivity index (χ1) is 18.7. The lowest BCUT2D eigenvalue weighted by Crippen LogP contribution is -2.64. The van der Waals surface area contributed by atoms with Crippen molar-refractivity contribution in [2.24, 2.45) is 5.73 Å². The Hall–Kier alpha value is -4.08. The number of benzene rings is 2. The fraction of sp³-hybridized carbons (Fsp3) is 0.400. The van der Waals surface area contributed by atoms with Crippen LogP contribution in [0.2, 0.25) is 0 Å². The van der Waals surface area contributed by atoms with Crippen LogP contribution < -0.4 is 31.2 Å². The molecule has 5 atom stereocenters. The van der Waals surface area contributed by atoms with E-state index in [4.69, 9.17) is 10.5 Å². The van der Waals surface area contributed by atoms with Gasteiger partial charge in [-0.15, -0.1) is 13.2 Å². The van der Waals surface area contributed by atoms with Crippen LogP contribution in [0.25, 0.3) is 0 Å². The molecule has 15 heteroatoms. The van der Waals surface area contributed by atoms with Crippen molar-refractivity contribution in [3.05, 3.63) is 54.1 Å². The van der Waals surface area contributed by atoms with Gasteiger partial charge in [-0.25, -0.2) is 4.79 Å². The summed E-state index contributed by atoms with van der Waals surface area (Å²) in [7, 11) is 1.48. The largest absolute Gasteiger partial charge is 0.573 e. The second-order valence-electron chi connectivity index (χ2n) is 9.26. The van der Waals surface area contributed by atoms with Gasteiger partial charge in [-0.3, -0.25) is 9.59 Å². The summed E-state index contributed by atoms with van der Waals surface area (Å²) in [6, 6.07) is 7.29. The summed E-state index contributed by atoms with van der Waals surface area (Å²) in [6.45, 7) is 0. The lowest BCUT2D eigenvalue weighted by molar-refractivity contribution is -0.274. The molecule has 0 heterocycles. The van der Waals surface area contributed by atoms with Crippen LogP contribution in [0.1, 0.15) is 18.4 Å². The third kappa shape index (κ3) is 8.21. The predicted octanol–water partition coefficient (Wildman–Crippen LogP) is 0.543. The minimum absolute atomic E-state index is 0.0107. The third-order valence-corrected chi connectivity index (χ3v) is 6.24. The molecule has 4 amide bonds. The molecule has 0 aromatic heterocycles. The number of alkyl halides is 3. The molecule has 12 nitrogen and oxygen atoms in total. The standard InChI is InChI=1S/C25H29F3N4O8/c1-39-15-6-2-13(3-7-15)10-17(21(29)35)31-22(36)24(38)11-18(20(34)19(33)12-24)32-23(37)30-14-4-8-16(9-5-14)40-25(26,27)28/h2-9,17-20,33-34,38H,10-12H2,1H3,(H2,29,35)(H,31,36)(H2,30,32,37). The highest BCUT2D eigenvalue weighted by Crippen LogP contribution is 2.30. The minimum Gasteiger partial charge on any atom is -0.497 e. The number of methoxy groups -OCH3 is 1. The lowest BCUT2D eigenvalue weighted by Gasteiger charge is -2.41. The Balaban J connectivity index is 1.64. The normalized spacial score (nSPS) is 23.4. The molecule has 0 bridgehead atoms. The topological polar surface area (TPSA) is 192 Å². The van der Waals surface area contributed by atoms with Gasteiger partial charge < -0.3 is 46.5 Å². The molecule has 1 aliphatic rings. The maximum atomic E-state index is 13.0. The van der Waals surface area contributed by atoms with E-state index in [0.717, 1.165) is 24.3 Å². The third-order valence-electron chi connectivity index (χ3n) is 6.24. The molecule has 2 aromatic rings. The number of anilines is 1. The number of ether oxygens (including phenoxy) is 2. The number of halogens is 3. The van der Waals surface area contributed by atoms with Gasteiger partial charge in [-0.05, 0) is 42.0 Å². The lowest BCUT2D eigenvalue weighted by atomic mass is 9.77. The van der Waals surface area contributed by atoms with Gasteiger partial charge in [-0.2, -0.15) is 0 Å². The van der Waals surface area contributed by atoms with Crippen LogP contribution in [-0.4, -0.2) is 76.5 Å². The van der Waals surface area contributed by atoms with Crippen molar-refractivity contribution in [3.63, 3.8) is 0 Å². The number of rotatable bonds is 9. The van der Waals surface area contributed by atoms with E-state index < -0.39 is 72.7 Å². The Labute approximate surface area is 226 Å². The Kier molecular flexibility index (Phi) is 9.44. The SMILES string of the molecule is COc1ccc(CC(NC(=O)C2(O)CC(O)C(O)C(NC(=O)Nc3ccc(OC(F)(F)F)cc3)C2)C(N)=O)cc1. The zero-order valence-corrected chi connectivity index (χ0v) is 21.1. The van der Waals surface area contributed by atoms with Gasteiger partial charge in [0.25, 0.3) is 5.91 Å². The first-order valence-electron chi connectivity index (χ1n) is 11.9. The molecule has 0 spiro atoms. The van der Waals surface area contributed by atoms with Gasteiger partial charge in [0.05, 0.1) is 19.3 Å². The fourth-order valence-corrected chi connectivity index (χ4v) is 4.21. The second-order valence-corrected chi connectivity index (χ2v) is 9.26. The molecule has 8 N–H and O–H groups in total. The molecular weight excluding hydrogens is 541 g/mol.